The van der Waals surface area contributed by atoms with Crippen molar-refractivity contribution in [2.24, 2.45) is 5.73 Å². The first-order valence-electron chi connectivity index (χ1n) is 6.92. The number of carbonyl (C=O) groups excluding carboxylic acids is 1. The van der Waals surface area contributed by atoms with Crippen LogP contribution in [0.4, 0.5) is 5.95 Å². The average molecular weight is 287 g/mol. The lowest BCUT2D eigenvalue weighted by Gasteiger charge is -2.24. The van der Waals surface area contributed by atoms with Crippen molar-refractivity contribution in [2.75, 3.05) is 18.5 Å². The number of anilines is 1. The second-order valence-electron chi connectivity index (χ2n) is 4.80. The van der Waals surface area contributed by atoms with Gasteiger partial charge in [0.2, 0.25) is 11.8 Å². The molecule has 0 saturated heterocycles. The predicted octanol–water partition coefficient (Wildman–Crippen LogP) is 1.18. The molecule has 110 valence electrons. The Kier molecular flexibility index (Phi) is 3.47. The number of rotatable bonds is 4. The molecule has 7 heteroatoms. The lowest BCUT2D eigenvalue weighted by atomic mass is 10.0. The Morgan fingerprint density at radius 3 is 2.90 bits per heavy atom. The van der Waals surface area contributed by atoms with Gasteiger partial charge in [-0.15, -0.1) is 5.10 Å². The summed E-state index contributed by atoms with van der Waals surface area (Å²) in [7, 11) is 0. The summed E-state index contributed by atoms with van der Waals surface area (Å²) in [6, 6.07) is 7.93. The summed E-state index contributed by atoms with van der Waals surface area (Å²) in [6.45, 7) is 3.37. The molecular formula is C14H17N5O2. The first kappa shape index (κ1) is 13.4. The van der Waals surface area contributed by atoms with Crippen molar-refractivity contribution >= 4 is 11.9 Å². The van der Waals surface area contributed by atoms with Crippen LogP contribution in [0.3, 0.4) is 0 Å². The third kappa shape index (κ3) is 2.54. The molecule has 21 heavy (non-hydrogen) atoms. The van der Waals surface area contributed by atoms with E-state index < -0.39 is 5.91 Å². The highest BCUT2D eigenvalue weighted by molar-refractivity contribution is 5.89. The Morgan fingerprint density at radius 2 is 2.24 bits per heavy atom. The second kappa shape index (κ2) is 5.43. The van der Waals surface area contributed by atoms with E-state index in [2.05, 4.69) is 15.4 Å². The number of aromatic nitrogens is 3. The molecule has 3 N–H and O–H groups in total. The molecule has 1 amide bonds. The maximum absolute atomic E-state index is 11.2. The number of nitrogens with two attached hydrogens (primary N) is 1. The summed E-state index contributed by atoms with van der Waals surface area (Å²) in [5.41, 5.74) is 6.34. The molecular weight excluding hydrogens is 270 g/mol. The number of hydrogen-bond donors (Lipinski definition) is 2. The molecule has 1 aromatic carbocycles. The van der Waals surface area contributed by atoms with Crippen molar-refractivity contribution < 1.29 is 9.53 Å². The number of hydrogen-bond acceptors (Lipinski definition) is 5. The van der Waals surface area contributed by atoms with Crippen LogP contribution in [-0.2, 0) is 0 Å². The van der Waals surface area contributed by atoms with Gasteiger partial charge in [-0.25, -0.2) is 4.68 Å². The zero-order chi connectivity index (χ0) is 14.8. The molecule has 1 aliphatic heterocycles. The van der Waals surface area contributed by atoms with Crippen LogP contribution in [0.2, 0.25) is 0 Å². The fraction of sp³-hybridized carbons (Fsp3) is 0.357. The summed E-state index contributed by atoms with van der Waals surface area (Å²) < 4.78 is 7.17. The molecule has 3 rings (SSSR count). The van der Waals surface area contributed by atoms with Crippen molar-refractivity contribution in [3.05, 3.63) is 35.7 Å². The van der Waals surface area contributed by atoms with E-state index in [4.69, 9.17) is 10.5 Å². The molecule has 1 aliphatic rings. The summed E-state index contributed by atoms with van der Waals surface area (Å²) in [5.74, 6) is 0.834. The number of nitrogens with zero attached hydrogens (tertiary/aromatic N) is 3. The van der Waals surface area contributed by atoms with E-state index in [1.54, 1.807) is 4.68 Å². The van der Waals surface area contributed by atoms with Gasteiger partial charge >= 0.3 is 0 Å². The lowest BCUT2D eigenvalue weighted by Crippen LogP contribution is -2.24. The zero-order valence-electron chi connectivity index (χ0n) is 11.7. The van der Waals surface area contributed by atoms with Crippen molar-refractivity contribution in [2.45, 2.75) is 19.4 Å². The molecule has 2 aromatic rings. The fourth-order valence-electron chi connectivity index (χ4n) is 2.47. The van der Waals surface area contributed by atoms with Gasteiger partial charge in [0.25, 0.3) is 5.91 Å². The number of benzene rings is 1. The minimum Gasteiger partial charge on any atom is -0.494 e. The Labute approximate surface area is 122 Å². The van der Waals surface area contributed by atoms with Gasteiger partial charge in [-0.05, 0) is 31.0 Å². The second-order valence-corrected chi connectivity index (χ2v) is 4.80. The van der Waals surface area contributed by atoms with E-state index in [0.717, 1.165) is 24.3 Å². The Hall–Kier alpha value is -2.57. The van der Waals surface area contributed by atoms with Crippen LogP contribution >= 0.6 is 0 Å². The summed E-state index contributed by atoms with van der Waals surface area (Å²) >= 11 is 0. The van der Waals surface area contributed by atoms with Crippen molar-refractivity contribution in [3.8, 4) is 5.75 Å². The molecule has 2 heterocycles. The van der Waals surface area contributed by atoms with Crippen LogP contribution < -0.4 is 15.8 Å². The Morgan fingerprint density at radius 1 is 1.48 bits per heavy atom. The number of fused-ring (bicyclic) bond motifs is 1. The van der Waals surface area contributed by atoms with Crippen molar-refractivity contribution in [1.29, 1.82) is 0 Å². The molecule has 0 bridgehead atoms. The SMILES string of the molecule is CCOc1ccc(C2CCNc3nc(C(N)=O)nn32)cc1. The van der Waals surface area contributed by atoms with Crippen LogP contribution in [-0.4, -0.2) is 33.8 Å². The zero-order valence-corrected chi connectivity index (χ0v) is 11.7. The molecule has 1 aromatic heterocycles. The molecule has 7 nitrogen and oxygen atoms in total. The quantitative estimate of drug-likeness (QED) is 0.880. The van der Waals surface area contributed by atoms with E-state index in [9.17, 15) is 4.79 Å². The first-order valence-corrected chi connectivity index (χ1v) is 6.92. The number of carbonyl (C=O) groups is 1. The minimum atomic E-state index is -0.621. The number of amides is 1. The van der Waals surface area contributed by atoms with Gasteiger partial charge in [-0.2, -0.15) is 4.98 Å². The van der Waals surface area contributed by atoms with E-state index in [1.807, 2.05) is 31.2 Å². The normalized spacial score (nSPS) is 16.9. The molecule has 0 fully saturated rings. The average Bonchev–Trinajstić information content (AvgIpc) is 2.93. The minimum absolute atomic E-state index is 0.0373. The highest BCUT2D eigenvalue weighted by atomic mass is 16.5. The maximum Gasteiger partial charge on any atom is 0.288 e. The van der Waals surface area contributed by atoms with Gasteiger partial charge in [0, 0.05) is 6.54 Å². The molecule has 0 aliphatic carbocycles. The van der Waals surface area contributed by atoms with Crippen LogP contribution in [0, 0.1) is 0 Å². The van der Waals surface area contributed by atoms with Gasteiger partial charge in [0.15, 0.2) is 0 Å². The smallest absolute Gasteiger partial charge is 0.288 e. The van der Waals surface area contributed by atoms with Gasteiger partial charge in [0.05, 0.1) is 12.6 Å². The Bertz CT molecular complexity index is 650. The third-order valence-corrected chi connectivity index (χ3v) is 3.42. The largest absolute Gasteiger partial charge is 0.494 e. The summed E-state index contributed by atoms with van der Waals surface area (Å²) in [5, 5.41) is 7.33. The molecule has 1 unspecified atom stereocenters. The predicted molar refractivity (Wildman–Crippen MR) is 77.4 cm³/mol. The van der Waals surface area contributed by atoms with E-state index >= 15 is 0 Å². The molecule has 0 radical (unpaired) electrons. The van der Waals surface area contributed by atoms with Crippen LogP contribution in [0.1, 0.15) is 35.6 Å². The van der Waals surface area contributed by atoms with Gasteiger partial charge in [0.1, 0.15) is 5.75 Å². The first-order chi connectivity index (χ1) is 10.2. The van der Waals surface area contributed by atoms with Gasteiger partial charge in [-0.3, -0.25) is 4.79 Å². The summed E-state index contributed by atoms with van der Waals surface area (Å²) in [4.78, 5) is 15.3. The fourth-order valence-corrected chi connectivity index (χ4v) is 2.47. The summed E-state index contributed by atoms with van der Waals surface area (Å²) in [6.07, 6.45) is 0.864. The topological polar surface area (TPSA) is 95.1 Å². The van der Waals surface area contributed by atoms with Crippen LogP contribution in [0.25, 0.3) is 0 Å². The van der Waals surface area contributed by atoms with Gasteiger partial charge < -0.3 is 15.8 Å². The van der Waals surface area contributed by atoms with Crippen LogP contribution in [0.15, 0.2) is 24.3 Å². The van der Waals surface area contributed by atoms with E-state index in [-0.39, 0.29) is 11.9 Å². The maximum atomic E-state index is 11.2. The third-order valence-electron chi connectivity index (χ3n) is 3.42. The van der Waals surface area contributed by atoms with E-state index in [1.165, 1.54) is 0 Å². The Balaban J connectivity index is 1.92. The van der Waals surface area contributed by atoms with Crippen LogP contribution in [0.5, 0.6) is 5.75 Å². The highest BCUT2D eigenvalue weighted by Crippen LogP contribution is 2.29. The highest BCUT2D eigenvalue weighted by Gasteiger charge is 2.25. The number of ether oxygens (including phenoxy) is 1. The van der Waals surface area contributed by atoms with Crippen molar-refractivity contribution in [3.63, 3.8) is 0 Å². The molecule has 0 spiro atoms. The monoisotopic (exact) mass is 287 g/mol. The standard InChI is InChI=1S/C14H17N5O2/c1-2-21-10-5-3-9(4-6-10)11-7-8-16-14-17-13(12(15)20)18-19(11)14/h3-6,11H,2,7-8H2,1H3,(H2,15,20)(H,16,17,18). The number of primary amides is 1. The van der Waals surface area contributed by atoms with E-state index in [0.29, 0.717) is 12.6 Å². The number of nitrogens with one attached hydrogen (secondary N) is 1. The molecule has 0 saturated carbocycles. The van der Waals surface area contributed by atoms with Crippen molar-refractivity contribution in [1.82, 2.24) is 14.8 Å². The molecule has 1 atom stereocenters. The van der Waals surface area contributed by atoms with Gasteiger partial charge in [-0.1, -0.05) is 12.1 Å². The lowest BCUT2D eigenvalue weighted by molar-refractivity contribution is 0.0990.